The number of hydrogen-bond donors (Lipinski definition) is 2. The minimum absolute atomic E-state index is 0.142. The number of hydrogen-bond acceptors (Lipinski definition) is 4. The van der Waals surface area contributed by atoms with E-state index in [9.17, 15) is 9.59 Å². The van der Waals surface area contributed by atoms with Crippen LogP contribution >= 0.6 is 0 Å². The summed E-state index contributed by atoms with van der Waals surface area (Å²) in [7, 11) is 0. The monoisotopic (exact) mass is 230 g/mol. The van der Waals surface area contributed by atoms with Crippen molar-refractivity contribution in [1.82, 2.24) is 0 Å². The molecule has 0 bridgehead atoms. The summed E-state index contributed by atoms with van der Waals surface area (Å²) in [6.45, 7) is 0.284. The molecule has 0 aromatic rings. The molecule has 0 saturated heterocycles. The van der Waals surface area contributed by atoms with Crippen LogP contribution in [0.3, 0.4) is 0 Å². The topological polar surface area (TPSA) is 74.6 Å². The number of unbranched alkanes of at least 4 members (excludes halogenated alkanes) is 4. The van der Waals surface area contributed by atoms with Gasteiger partial charge in [0.15, 0.2) is 11.6 Å². The van der Waals surface area contributed by atoms with E-state index in [2.05, 4.69) is 0 Å². The van der Waals surface area contributed by atoms with E-state index in [4.69, 9.17) is 10.2 Å². The Balaban J connectivity index is 3.46. The number of carbonyl (C=O) groups is 2. The highest BCUT2D eigenvalue weighted by molar-refractivity contribution is 6.37. The second kappa shape index (κ2) is 10.8. The summed E-state index contributed by atoms with van der Waals surface area (Å²) in [5.41, 5.74) is 0. The molecule has 0 heterocycles. The van der Waals surface area contributed by atoms with Gasteiger partial charge in [-0.15, -0.1) is 0 Å². The normalized spacial score (nSPS) is 10.4. The van der Waals surface area contributed by atoms with Crippen molar-refractivity contribution in [3.63, 3.8) is 0 Å². The molecule has 0 radical (unpaired) electrons. The lowest BCUT2D eigenvalue weighted by molar-refractivity contribution is -0.136. The molecule has 0 aliphatic carbocycles. The van der Waals surface area contributed by atoms with Crippen molar-refractivity contribution in [2.45, 2.75) is 51.4 Å². The molecule has 0 aliphatic heterocycles. The van der Waals surface area contributed by atoms with Crippen LogP contribution in [0.5, 0.6) is 0 Å². The van der Waals surface area contributed by atoms with Crippen LogP contribution in [-0.2, 0) is 9.59 Å². The number of aliphatic hydroxyl groups excluding tert-OH is 2. The maximum atomic E-state index is 11.3. The van der Waals surface area contributed by atoms with Crippen LogP contribution < -0.4 is 0 Å². The Kier molecular flexibility index (Phi) is 10.3. The lowest BCUT2D eigenvalue weighted by Gasteiger charge is -2.00. The van der Waals surface area contributed by atoms with Gasteiger partial charge in [0.1, 0.15) is 0 Å². The minimum atomic E-state index is -0.290. The Hall–Kier alpha value is -0.740. The number of carbonyl (C=O) groups excluding carboxylic acids is 2. The molecule has 4 heteroatoms. The van der Waals surface area contributed by atoms with Crippen molar-refractivity contribution in [3.05, 3.63) is 0 Å². The molecule has 94 valence electrons. The van der Waals surface area contributed by atoms with E-state index in [1.165, 1.54) is 0 Å². The van der Waals surface area contributed by atoms with Crippen LogP contribution in [0.25, 0.3) is 0 Å². The summed E-state index contributed by atoms with van der Waals surface area (Å²) in [6, 6.07) is 0. The molecule has 0 aromatic heterocycles. The van der Waals surface area contributed by atoms with E-state index in [0.29, 0.717) is 38.5 Å². The van der Waals surface area contributed by atoms with Crippen LogP contribution in [0.1, 0.15) is 51.4 Å². The second-order valence-corrected chi connectivity index (χ2v) is 3.91. The Bertz CT molecular complexity index is 179. The molecule has 0 amide bonds. The Labute approximate surface area is 96.7 Å². The fourth-order valence-corrected chi connectivity index (χ4v) is 1.43. The predicted octanol–water partition coefficient (Wildman–Crippen LogP) is 1.23. The van der Waals surface area contributed by atoms with E-state index >= 15 is 0 Å². The van der Waals surface area contributed by atoms with Gasteiger partial charge in [0.05, 0.1) is 0 Å². The Morgan fingerprint density at radius 3 is 1.31 bits per heavy atom. The molecule has 4 nitrogen and oxygen atoms in total. The molecule has 0 unspecified atom stereocenters. The number of aliphatic hydroxyl groups is 2. The quantitative estimate of drug-likeness (QED) is 0.413. The van der Waals surface area contributed by atoms with Gasteiger partial charge in [-0.2, -0.15) is 0 Å². The molecule has 0 rings (SSSR count). The lowest BCUT2D eigenvalue weighted by Crippen LogP contribution is -2.13. The van der Waals surface area contributed by atoms with E-state index in [1.54, 1.807) is 0 Å². The Morgan fingerprint density at radius 1 is 0.625 bits per heavy atom. The third-order valence-electron chi connectivity index (χ3n) is 2.43. The van der Waals surface area contributed by atoms with Crippen molar-refractivity contribution in [1.29, 1.82) is 0 Å². The fourth-order valence-electron chi connectivity index (χ4n) is 1.43. The smallest absolute Gasteiger partial charge is 0.198 e. The summed E-state index contributed by atoms with van der Waals surface area (Å²) in [6.07, 6.45) is 4.94. The summed E-state index contributed by atoms with van der Waals surface area (Å²) < 4.78 is 0. The maximum Gasteiger partial charge on any atom is 0.198 e. The summed E-state index contributed by atoms with van der Waals surface area (Å²) in [5.74, 6) is -0.580. The van der Waals surface area contributed by atoms with Gasteiger partial charge < -0.3 is 10.2 Å². The molecular formula is C12H22O4. The van der Waals surface area contributed by atoms with Gasteiger partial charge >= 0.3 is 0 Å². The van der Waals surface area contributed by atoms with Crippen molar-refractivity contribution >= 4 is 11.6 Å². The zero-order valence-electron chi connectivity index (χ0n) is 9.78. The highest BCUT2D eigenvalue weighted by Crippen LogP contribution is 2.05. The van der Waals surface area contributed by atoms with Crippen molar-refractivity contribution < 1.29 is 19.8 Å². The fraction of sp³-hybridized carbons (Fsp3) is 0.833. The molecule has 16 heavy (non-hydrogen) atoms. The maximum absolute atomic E-state index is 11.3. The molecular weight excluding hydrogens is 208 g/mol. The second-order valence-electron chi connectivity index (χ2n) is 3.91. The van der Waals surface area contributed by atoms with Gasteiger partial charge in [-0.1, -0.05) is 12.8 Å². The first-order valence-electron chi connectivity index (χ1n) is 6.00. The lowest BCUT2D eigenvalue weighted by atomic mass is 10.0. The van der Waals surface area contributed by atoms with Crippen LogP contribution in [0.15, 0.2) is 0 Å². The minimum Gasteiger partial charge on any atom is -0.396 e. The zero-order chi connectivity index (χ0) is 12.2. The average Bonchev–Trinajstić information content (AvgIpc) is 2.29. The standard InChI is InChI=1S/C12H22O4/c13-9-5-1-3-7-11(15)12(16)8-4-2-6-10-14/h13-14H,1-10H2. The highest BCUT2D eigenvalue weighted by Gasteiger charge is 2.12. The number of rotatable bonds is 11. The van der Waals surface area contributed by atoms with E-state index in [0.717, 1.165) is 12.8 Å². The van der Waals surface area contributed by atoms with Crippen molar-refractivity contribution in [3.8, 4) is 0 Å². The van der Waals surface area contributed by atoms with Crippen LogP contribution in [0, 0.1) is 0 Å². The number of ketones is 2. The van der Waals surface area contributed by atoms with Crippen molar-refractivity contribution in [2.24, 2.45) is 0 Å². The molecule has 0 atom stereocenters. The SMILES string of the molecule is O=C(CCCCCO)C(=O)CCCCCO. The number of Topliss-reactive ketones (excluding diaryl/α,β-unsaturated/α-hetero) is 2. The molecule has 2 N–H and O–H groups in total. The average molecular weight is 230 g/mol. The van der Waals surface area contributed by atoms with Crippen molar-refractivity contribution in [2.75, 3.05) is 13.2 Å². The zero-order valence-corrected chi connectivity index (χ0v) is 9.78. The third kappa shape index (κ3) is 8.56. The first kappa shape index (κ1) is 15.3. The van der Waals surface area contributed by atoms with Gasteiger partial charge in [-0.3, -0.25) is 9.59 Å². The molecule has 0 aliphatic rings. The largest absolute Gasteiger partial charge is 0.396 e. The molecule has 0 aromatic carbocycles. The molecule has 0 saturated carbocycles. The molecule has 0 spiro atoms. The summed E-state index contributed by atoms with van der Waals surface area (Å²) in [5, 5.41) is 17.1. The summed E-state index contributed by atoms with van der Waals surface area (Å²) >= 11 is 0. The van der Waals surface area contributed by atoms with Crippen LogP contribution in [0.2, 0.25) is 0 Å². The van der Waals surface area contributed by atoms with Gasteiger partial charge in [0.25, 0.3) is 0 Å². The first-order chi connectivity index (χ1) is 7.72. The van der Waals surface area contributed by atoms with Gasteiger partial charge in [0, 0.05) is 26.1 Å². The first-order valence-corrected chi connectivity index (χ1v) is 6.00. The van der Waals surface area contributed by atoms with E-state index in [1.807, 2.05) is 0 Å². The molecule has 0 fully saturated rings. The van der Waals surface area contributed by atoms with E-state index in [-0.39, 0.29) is 24.8 Å². The van der Waals surface area contributed by atoms with Crippen LogP contribution in [0.4, 0.5) is 0 Å². The van der Waals surface area contributed by atoms with Crippen LogP contribution in [-0.4, -0.2) is 35.0 Å². The van der Waals surface area contributed by atoms with Gasteiger partial charge in [-0.25, -0.2) is 0 Å². The Morgan fingerprint density at radius 2 is 1.00 bits per heavy atom. The third-order valence-corrected chi connectivity index (χ3v) is 2.43. The summed E-state index contributed by atoms with van der Waals surface area (Å²) in [4.78, 5) is 22.6. The van der Waals surface area contributed by atoms with E-state index < -0.39 is 0 Å². The van der Waals surface area contributed by atoms with Gasteiger partial charge in [-0.05, 0) is 25.7 Å². The van der Waals surface area contributed by atoms with Gasteiger partial charge in [0.2, 0.25) is 0 Å². The predicted molar refractivity (Wildman–Crippen MR) is 61.1 cm³/mol. The highest BCUT2D eigenvalue weighted by atomic mass is 16.3.